The van der Waals surface area contributed by atoms with E-state index < -0.39 is 0 Å². The molecule has 1 amide bonds. The van der Waals surface area contributed by atoms with Crippen LogP contribution >= 0.6 is 11.3 Å². The summed E-state index contributed by atoms with van der Waals surface area (Å²) in [5.41, 5.74) is 2.60. The van der Waals surface area contributed by atoms with Gasteiger partial charge in [-0.05, 0) is 41.6 Å². The molecule has 1 aliphatic heterocycles. The number of ether oxygens (including phenoxy) is 3. The number of rotatable bonds is 11. The first kappa shape index (κ1) is 26.5. The van der Waals surface area contributed by atoms with Crippen LogP contribution in [0.15, 0.2) is 30.2 Å². The number of methoxy groups -OCH3 is 3. The Labute approximate surface area is 211 Å². The molecule has 1 aromatic carbocycles. The Kier molecular flexibility index (Phi) is 9.51. The summed E-state index contributed by atoms with van der Waals surface area (Å²) in [6.45, 7) is 9.23. The number of allylic oxidation sites excluding steroid dienone is 1. The highest BCUT2D eigenvalue weighted by molar-refractivity contribution is 7.11. The first-order chi connectivity index (χ1) is 16.9. The Morgan fingerprint density at radius 1 is 1.06 bits per heavy atom. The van der Waals surface area contributed by atoms with Crippen molar-refractivity contribution in [3.05, 3.63) is 51.7 Å². The number of Topliss-reactive ketones (excluding diaryl/α,β-unsaturated/α-hetero) is 1. The van der Waals surface area contributed by atoms with Crippen LogP contribution in [0.3, 0.4) is 0 Å². The van der Waals surface area contributed by atoms with Crippen molar-refractivity contribution in [1.29, 1.82) is 0 Å². The number of carbonyl (C=O) groups excluding carboxylic acids is 2. The molecule has 1 aromatic heterocycles. The number of piperazine rings is 1. The van der Waals surface area contributed by atoms with Crippen molar-refractivity contribution in [3.8, 4) is 17.2 Å². The molecule has 2 aromatic rings. The fraction of sp³-hybridized carbons (Fsp3) is 0.407. The molecule has 0 saturated carbocycles. The second-order valence-corrected chi connectivity index (χ2v) is 9.17. The first-order valence-electron chi connectivity index (χ1n) is 11.6. The Morgan fingerprint density at radius 3 is 2.26 bits per heavy atom. The molecule has 1 saturated heterocycles. The van der Waals surface area contributed by atoms with Crippen LogP contribution in [0.5, 0.6) is 17.2 Å². The van der Waals surface area contributed by atoms with Crippen LogP contribution in [0.1, 0.15) is 39.7 Å². The molecular formula is C27H34N2O5S. The first-order valence-corrected chi connectivity index (χ1v) is 12.5. The van der Waals surface area contributed by atoms with E-state index in [2.05, 4.69) is 22.9 Å². The van der Waals surface area contributed by atoms with Gasteiger partial charge >= 0.3 is 0 Å². The van der Waals surface area contributed by atoms with E-state index in [1.807, 2.05) is 24.0 Å². The zero-order valence-electron chi connectivity index (χ0n) is 21.0. The van der Waals surface area contributed by atoms with Crippen LogP contribution in [0, 0.1) is 0 Å². The fourth-order valence-corrected chi connectivity index (χ4v) is 5.25. The summed E-state index contributed by atoms with van der Waals surface area (Å²) in [5.74, 6) is 1.51. The summed E-state index contributed by atoms with van der Waals surface area (Å²) in [4.78, 5) is 31.0. The summed E-state index contributed by atoms with van der Waals surface area (Å²) in [5, 5.41) is 2.05. The van der Waals surface area contributed by atoms with Crippen molar-refractivity contribution >= 4 is 35.2 Å². The van der Waals surface area contributed by atoms with Crippen LogP contribution in [0.2, 0.25) is 0 Å². The van der Waals surface area contributed by atoms with Crippen LogP contribution in [0.4, 0.5) is 0 Å². The number of carbonyl (C=O) groups is 2. The van der Waals surface area contributed by atoms with Gasteiger partial charge < -0.3 is 19.1 Å². The van der Waals surface area contributed by atoms with E-state index in [1.165, 1.54) is 21.3 Å². The number of thiophene rings is 1. The average Bonchev–Trinajstić information content (AvgIpc) is 3.27. The topological polar surface area (TPSA) is 68.3 Å². The number of nitrogens with zero attached hydrogens (tertiary/aromatic N) is 2. The number of hydrogen-bond acceptors (Lipinski definition) is 7. The molecule has 0 aliphatic carbocycles. The maximum absolute atomic E-state index is 13.1. The van der Waals surface area contributed by atoms with Crippen molar-refractivity contribution < 1.29 is 23.8 Å². The molecule has 188 valence electrons. The second kappa shape index (κ2) is 12.6. The maximum atomic E-state index is 13.1. The predicted octanol–water partition coefficient (Wildman–Crippen LogP) is 4.41. The zero-order valence-corrected chi connectivity index (χ0v) is 21.8. The van der Waals surface area contributed by atoms with Crippen molar-refractivity contribution in [1.82, 2.24) is 9.80 Å². The lowest BCUT2D eigenvalue weighted by atomic mass is 10.0. The number of amides is 1. The van der Waals surface area contributed by atoms with Crippen LogP contribution in [0.25, 0.3) is 12.2 Å². The molecule has 35 heavy (non-hydrogen) atoms. The molecule has 0 bridgehead atoms. The van der Waals surface area contributed by atoms with Gasteiger partial charge in [0.2, 0.25) is 5.75 Å². The third-order valence-electron chi connectivity index (χ3n) is 6.13. The van der Waals surface area contributed by atoms with E-state index in [0.717, 1.165) is 29.1 Å². The van der Waals surface area contributed by atoms with Gasteiger partial charge in [-0.2, -0.15) is 0 Å². The molecule has 0 unspecified atom stereocenters. The Balaban J connectivity index is 1.53. The molecule has 7 nitrogen and oxygen atoms in total. The van der Waals surface area contributed by atoms with Crippen molar-refractivity contribution in [2.75, 3.05) is 54.1 Å². The highest BCUT2D eigenvalue weighted by Crippen LogP contribution is 2.38. The normalized spacial score (nSPS) is 14.2. The van der Waals surface area contributed by atoms with E-state index in [1.54, 1.807) is 23.5 Å². The second-order valence-electron chi connectivity index (χ2n) is 8.26. The standard InChI is InChI=1S/C27H34N2O5S/c1-6-8-25-22(7-2)20(18-35-25)15-21(30)9-10-28-11-13-29(14-12-28)27(31)19-16-23(32-3)26(34-5)24(17-19)33-4/h6-8,16-18H,2,9-15H2,1,3-5H3/b8-6-. The molecule has 1 fully saturated rings. The minimum Gasteiger partial charge on any atom is -0.493 e. The van der Waals surface area contributed by atoms with E-state index in [0.29, 0.717) is 55.3 Å². The van der Waals surface area contributed by atoms with Gasteiger partial charge in [0.1, 0.15) is 5.78 Å². The largest absolute Gasteiger partial charge is 0.493 e. The molecule has 2 heterocycles. The summed E-state index contributed by atoms with van der Waals surface area (Å²) in [6, 6.07) is 3.36. The highest BCUT2D eigenvalue weighted by atomic mass is 32.1. The highest BCUT2D eigenvalue weighted by Gasteiger charge is 2.25. The average molecular weight is 499 g/mol. The number of hydrogen-bond donors (Lipinski definition) is 0. The summed E-state index contributed by atoms with van der Waals surface area (Å²) in [6.07, 6.45) is 6.80. The monoisotopic (exact) mass is 498 g/mol. The lowest BCUT2D eigenvalue weighted by Gasteiger charge is -2.34. The summed E-state index contributed by atoms with van der Waals surface area (Å²) in [7, 11) is 4.60. The lowest BCUT2D eigenvalue weighted by Crippen LogP contribution is -2.49. The number of benzene rings is 1. The minimum absolute atomic E-state index is 0.0775. The van der Waals surface area contributed by atoms with E-state index in [9.17, 15) is 9.59 Å². The van der Waals surface area contributed by atoms with Gasteiger partial charge in [-0.1, -0.05) is 18.7 Å². The van der Waals surface area contributed by atoms with Gasteiger partial charge in [-0.3, -0.25) is 14.5 Å². The zero-order chi connectivity index (χ0) is 25.4. The van der Waals surface area contributed by atoms with E-state index in [4.69, 9.17) is 14.2 Å². The molecule has 3 rings (SSSR count). The SMILES string of the molecule is C=Cc1c(CC(=O)CCN2CCN(C(=O)c3cc(OC)c(OC)c(OC)c3)CC2)csc1/C=C\C. The Morgan fingerprint density at radius 2 is 1.71 bits per heavy atom. The predicted molar refractivity (Wildman–Crippen MR) is 141 cm³/mol. The van der Waals surface area contributed by atoms with E-state index in [-0.39, 0.29) is 11.7 Å². The Bertz CT molecular complexity index is 1060. The third-order valence-corrected chi connectivity index (χ3v) is 7.14. The van der Waals surface area contributed by atoms with Crippen molar-refractivity contribution in [3.63, 3.8) is 0 Å². The van der Waals surface area contributed by atoms with Gasteiger partial charge in [0, 0.05) is 56.0 Å². The van der Waals surface area contributed by atoms with Gasteiger partial charge in [0.15, 0.2) is 11.5 Å². The molecule has 0 spiro atoms. The molecule has 0 radical (unpaired) electrons. The third kappa shape index (κ3) is 6.32. The number of ketones is 1. The maximum Gasteiger partial charge on any atom is 0.254 e. The molecular weight excluding hydrogens is 464 g/mol. The molecule has 0 atom stereocenters. The summed E-state index contributed by atoms with van der Waals surface area (Å²) >= 11 is 1.64. The fourth-order valence-electron chi connectivity index (χ4n) is 4.21. The van der Waals surface area contributed by atoms with E-state index >= 15 is 0 Å². The summed E-state index contributed by atoms with van der Waals surface area (Å²) < 4.78 is 16.1. The van der Waals surface area contributed by atoms with Crippen LogP contribution < -0.4 is 14.2 Å². The van der Waals surface area contributed by atoms with Crippen molar-refractivity contribution in [2.24, 2.45) is 0 Å². The van der Waals surface area contributed by atoms with Gasteiger partial charge in [-0.15, -0.1) is 11.3 Å². The van der Waals surface area contributed by atoms with Gasteiger partial charge in [0.05, 0.1) is 21.3 Å². The van der Waals surface area contributed by atoms with Crippen LogP contribution in [-0.4, -0.2) is 75.5 Å². The minimum atomic E-state index is -0.0775. The van der Waals surface area contributed by atoms with Gasteiger partial charge in [0.25, 0.3) is 5.91 Å². The van der Waals surface area contributed by atoms with Gasteiger partial charge in [-0.25, -0.2) is 0 Å². The Hall–Kier alpha value is -3.10. The van der Waals surface area contributed by atoms with Crippen molar-refractivity contribution in [2.45, 2.75) is 19.8 Å². The smallest absolute Gasteiger partial charge is 0.254 e. The quantitative estimate of drug-likeness (QED) is 0.457. The molecule has 1 aliphatic rings. The lowest BCUT2D eigenvalue weighted by molar-refractivity contribution is -0.118. The molecule has 8 heteroatoms. The van der Waals surface area contributed by atoms with Crippen LogP contribution in [-0.2, 0) is 11.2 Å². The molecule has 0 N–H and O–H groups in total.